The van der Waals surface area contributed by atoms with E-state index in [1.165, 1.54) is 18.4 Å². The van der Waals surface area contributed by atoms with Crippen molar-refractivity contribution < 1.29 is 14.0 Å². The maximum atomic E-state index is 10.8. The van der Waals surface area contributed by atoms with Gasteiger partial charge in [-0.15, -0.1) is 0 Å². The number of furan rings is 1. The van der Waals surface area contributed by atoms with Crippen LogP contribution in [0.4, 0.5) is 4.79 Å². The van der Waals surface area contributed by atoms with E-state index < -0.39 is 11.9 Å². The Morgan fingerprint density at radius 1 is 1.55 bits per heavy atom. The summed E-state index contributed by atoms with van der Waals surface area (Å²) < 4.78 is 4.65. The predicted octanol–water partition coefficient (Wildman–Crippen LogP) is 0.412. The molecule has 2 N–H and O–H groups in total. The molecule has 11 heavy (non-hydrogen) atoms. The molecule has 57 valence electrons. The van der Waals surface area contributed by atoms with Gasteiger partial charge in [-0.3, -0.25) is 10.1 Å². The first-order chi connectivity index (χ1) is 5.20. The molecule has 1 heterocycles. The van der Waals surface area contributed by atoms with Gasteiger partial charge in [-0.1, -0.05) is 0 Å². The molecule has 5 heteroatoms. The Bertz CT molecular complexity index is 265. The van der Waals surface area contributed by atoms with Crippen molar-refractivity contribution >= 4 is 11.9 Å². The Morgan fingerprint density at radius 2 is 2.27 bits per heavy atom. The topological polar surface area (TPSA) is 83.1 Å². The third-order valence-corrected chi connectivity index (χ3v) is 0.972. The molecule has 1 aromatic heterocycles. The molecule has 1 radical (unpaired) electrons. The summed E-state index contributed by atoms with van der Waals surface area (Å²) in [6.45, 7) is 0. The highest BCUT2D eigenvalue weighted by Gasteiger charge is 2.09. The second kappa shape index (κ2) is 2.87. The molecule has 3 amide bonds. The van der Waals surface area contributed by atoms with Crippen LogP contribution in [0.2, 0.25) is 0 Å². The van der Waals surface area contributed by atoms with Crippen LogP contribution < -0.4 is 11.1 Å². The normalized spacial score (nSPS) is 9.09. The van der Waals surface area contributed by atoms with E-state index in [2.05, 4.69) is 4.42 Å². The maximum absolute atomic E-state index is 10.8. The second-order valence-electron chi connectivity index (χ2n) is 1.76. The van der Waals surface area contributed by atoms with Crippen LogP contribution >= 0.6 is 0 Å². The van der Waals surface area contributed by atoms with Crippen molar-refractivity contribution in [2.24, 2.45) is 0 Å². The van der Waals surface area contributed by atoms with Gasteiger partial charge in [0.2, 0.25) is 0 Å². The van der Waals surface area contributed by atoms with Gasteiger partial charge in [-0.25, -0.2) is 10.5 Å². The van der Waals surface area contributed by atoms with Gasteiger partial charge < -0.3 is 4.42 Å². The predicted molar refractivity (Wildman–Crippen MR) is 34.7 cm³/mol. The zero-order valence-electron chi connectivity index (χ0n) is 5.46. The summed E-state index contributed by atoms with van der Waals surface area (Å²) in [6, 6.07) is 1.77. The van der Waals surface area contributed by atoms with Crippen LogP contribution in [0.5, 0.6) is 0 Å². The molecule has 0 atom stereocenters. The largest absolute Gasteiger partial charge is 0.459 e. The third-order valence-electron chi connectivity index (χ3n) is 0.972. The summed E-state index contributed by atoms with van der Waals surface area (Å²) in [5.74, 6) is -0.680. The zero-order chi connectivity index (χ0) is 8.27. The number of nitrogens with one attached hydrogen (secondary N) is 2. The molecule has 1 aromatic rings. The molecular weight excluding hydrogens is 148 g/mol. The zero-order valence-corrected chi connectivity index (χ0v) is 5.46. The molecule has 0 saturated heterocycles. The summed E-state index contributed by atoms with van der Waals surface area (Å²) in [7, 11) is 0. The summed E-state index contributed by atoms with van der Waals surface area (Å²) >= 11 is 0. The second-order valence-corrected chi connectivity index (χ2v) is 1.76. The number of imide groups is 1. The number of carbonyl (C=O) groups is 2. The summed E-state index contributed by atoms with van der Waals surface area (Å²) in [5, 5.41) is 1.74. The number of urea groups is 1. The maximum Gasteiger partial charge on any atom is 0.340 e. The van der Waals surface area contributed by atoms with Gasteiger partial charge >= 0.3 is 6.03 Å². The molecule has 1 rings (SSSR count). The molecule has 0 aliphatic heterocycles. The summed E-state index contributed by atoms with van der Waals surface area (Å²) in [6.07, 6.45) is 1.31. The van der Waals surface area contributed by atoms with Gasteiger partial charge in [-0.05, 0) is 12.1 Å². The first kappa shape index (κ1) is 7.33. The van der Waals surface area contributed by atoms with E-state index in [1.807, 2.05) is 0 Å². The number of hydrogen-bond acceptors (Lipinski definition) is 3. The Labute approximate surface area is 62.2 Å². The van der Waals surface area contributed by atoms with Gasteiger partial charge in [0.05, 0.1) is 6.26 Å². The lowest BCUT2D eigenvalue weighted by Gasteiger charge is -1.93. The lowest BCUT2D eigenvalue weighted by Crippen LogP contribution is -2.29. The Morgan fingerprint density at radius 3 is 2.73 bits per heavy atom. The third kappa shape index (κ3) is 1.82. The van der Waals surface area contributed by atoms with Crippen LogP contribution in [-0.4, -0.2) is 11.9 Å². The van der Waals surface area contributed by atoms with Crippen LogP contribution in [0.15, 0.2) is 22.8 Å². The standard InChI is InChI=1S/C6H5N2O3/c7-6(10)8-5(9)4-2-1-3-11-4/h1-3,7H,(H,8,9,10). The van der Waals surface area contributed by atoms with E-state index in [1.54, 1.807) is 5.32 Å². The molecule has 5 nitrogen and oxygen atoms in total. The number of carbonyl (C=O) groups excluding carboxylic acids is 2. The van der Waals surface area contributed by atoms with E-state index >= 15 is 0 Å². The van der Waals surface area contributed by atoms with Crippen molar-refractivity contribution in [1.82, 2.24) is 11.1 Å². The van der Waals surface area contributed by atoms with Gasteiger partial charge in [0.1, 0.15) is 0 Å². The number of amides is 3. The SMILES string of the molecule is [NH]C(=O)NC(=O)c1ccco1. The van der Waals surface area contributed by atoms with Crippen LogP contribution in [0.3, 0.4) is 0 Å². The molecule has 0 fully saturated rings. The van der Waals surface area contributed by atoms with Crippen molar-refractivity contribution in [2.75, 3.05) is 0 Å². The minimum absolute atomic E-state index is 0.0191. The highest BCUT2D eigenvalue weighted by molar-refractivity contribution is 6.01. The highest BCUT2D eigenvalue weighted by Crippen LogP contribution is 1.98. The highest BCUT2D eigenvalue weighted by atomic mass is 16.3. The van der Waals surface area contributed by atoms with Gasteiger partial charge in [0.25, 0.3) is 5.91 Å². The smallest absolute Gasteiger partial charge is 0.340 e. The molecule has 0 bridgehead atoms. The number of hydrogen-bond donors (Lipinski definition) is 1. The molecular formula is C6H5N2O3. The van der Waals surface area contributed by atoms with Crippen molar-refractivity contribution in [3.63, 3.8) is 0 Å². The van der Waals surface area contributed by atoms with Crippen LogP contribution in [0.25, 0.3) is 0 Å². The Balaban J connectivity index is 2.64. The van der Waals surface area contributed by atoms with E-state index in [0.717, 1.165) is 0 Å². The average Bonchev–Trinajstić information content (AvgIpc) is 2.35. The van der Waals surface area contributed by atoms with E-state index in [-0.39, 0.29) is 5.76 Å². The van der Waals surface area contributed by atoms with Crippen LogP contribution in [0, 0.1) is 0 Å². The minimum Gasteiger partial charge on any atom is -0.459 e. The van der Waals surface area contributed by atoms with Gasteiger partial charge in [-0.2, -0.15) is 0 Å². The monoisotopic (exact) mass is 153 g/mol. The minimum atomic E-state index is -1.15. The van der Waals surface area contributed by atoms with Crippen molar-refractivity contribution in [3.05, 3.63) is 24.2 Å². The fourth-order valence-corrected chi connectivity index (χ4v) is 0.572. The van der Waals surface area contributed by atoms with Crippen LogP contribution in [-0.2, 0) is 0 Å². The quantitative estimate of drug-likeness (QED) is 0.634. The van der Waals surface area contributed by atoms with Gasteiger partial charge in [0.15, 0.2) is 5.76 Å². The Hall–Kier alpha value is -1.78. The van der Waals surface area contributed by atoms with E-state index in [4.69, 9.17) is 5.73 Å². The fraction of sp³-hybridized carbons (Fsp3) is 0. The molecule has 0 unspecified atom stereocenters. The van der Waals surface area contributed by atoms with Gasteiger partial charge in [0, 0.05) is 0 Å². The molecule has 0 saturated carbocycles. The lowest BCUT2D eigenvalue weighted by molar-refractivity contribution is 0.0938. The molecule has 0 aliphatic rings. The van der Waals surface area contributed by atoms with Crippen molar-refractivity contribution in [1.29, 1.82) is 0 Å². The first-order valence-electron chi connectivity index (χ1n) is 2.80. The Kier molecular flexibility index (Phi) is 1.91. The average molecular weight is 153 g/mol. The number of rotatable bonds is 1. The summed E-state index contributed by atoms with van der Waals surface area (Å²) in [4.78, 5) is 20.8. The lowest BCUT2D eigenvalue weighted by atomic mass is 10.4. The van der Waals surface area contributed by atoms with Crippen molar-refractivity contribution in [3.8, 4) is 0 Å². The molecule has 0 spiro atoms. The first-order valence-corrected chi connectivity index (χ1v) is 2.80. The van der Waals surface area contributed by atoms with E-state index in [9.17, 15) is 9.59 Å². The summed E-state index contributed by atoms with van der Waals surface area (Å²) in [5.41, 5.74) is 6.40. The van der Waals surface area contributed by atoms with Crippen molar-refractivity contribution in [2.45, 2.75) is 0 Å². The molecule has 0 aromatic carbocycles. The van der Waals surface area contributed by atoms with Crippen LogP contribution in [0.1, 0.15) is 10.6 Å². The van der Waals surface area contributed by atoms with E-state index in [0.29, 0.717) is 0 Å². The fourth-order valence-electron chi connectivity index (χ4n) is 0.572. The molecule has 0 aliphatic carbocycles.